The summed E-state index contributed by atoms with van der Waals surface area (Å²) in [6.45, 7) is 8.41. The number of ether oxygens (including phenoxy) is 1. The van der Waals surface area contributed by atoms with Crippen LogP contribution in [0.1, 0.15) is 33.6 Å². The maximum absolute atomic E-state index is 12.7. The number of halogens is 2. The molecule has 22 heavy (non-hydrogen) atoms. The zero-order chi connectivity index (χ0) is 15.5. The van der Waals surface area contributed by atoms with Gasteiger partial charge in [0.15, 0.2) is 5.96 Å². The van der Waals surface area contributed by atoms with Gasteiger partial charge in [0.25, 0.3) is 0 Å². The maximum atomic E-state index is 12.7. The first-order valence-electron chi connectivity index (χ1n) is 7.59. The summed E-state index contributed by atoms with van der Waals surface area (Å²) in [5.74, 6) is 1.27. The Morgan fingerprint density at radius 2 is 1.95 bits per heavy atom. The summed E-state index contributed by atoms with van der Waals surface area (Å²) >= 11 is 0. The van der Waals surface area contributed by atoms with Gasteiger partial charge < -0.3 is 15.4 Å². The molecule has 0 saturated heterocycles. The Hall–Kier alpha value is -1.05. The highest BCUT2D eigenvalue weighted by atomic mass is 127. The summed E-state index contributed by atoms with van der Waals surface area (Å²) in [6.07, 6.45) is 1.87. The third-order valence-electron chi connectivity index (χ3n) is 2.99. The van der Waals surface area contributed by atoms with Crippen molar-refractivity contribution in [2.45, 2.75) is 39.7 Å². The van der Waals surface area contributed by atoms with Crippen LogP contribution in [0.15, 0.2) is 29.3 Å². The molecule has 1 aromatic carbocycles. The van der Waals surface area contributed by atoms with E-state index in [1.165, 1.54) is 12.1 Å². The molecule has 2 N–H and O–H groups in total. The van der Waals surface area contributed by atoms with Crippen LogP contribution in [0.5, 0.6) is 5.75 Å². The molecule has 0 aliphatic carbocycles. The highest BCUT2D eigenvalue weighted by molar-refractivity contribution is 14.0. The smallest absolute Gasteiger partial charge is 0.191 e. The minimum absolute atomic E-state index is 0. The van der Waals surface area contributed by atoms with Gasteiger partial charge in [0.05, 0.1) is 6.61 Å². The SMILES string of the molecule is CCNC(=NCCCOc1ccc(F)cc1)NC(C)CC.I. The minimum Gasteiger partial charge on any atom is -0.494 e. The van der Waals surface area contributed by atoms with Gasteiger partial charge in [0.1, 0.15) is 11.6 Å². The van der Waals surface area contributed by atoms with E-state index in [0.29, 0.717) is 24.9 Å². The molecule has 0 amide bonds. The number of rotatable bonds is 8. The standard InChI is InChI=1S/C16H26FN3O.HI/c1-4-13(3)20-16(18-5-2)19-11-6-12-21-15-9-7-14(17)8-10-15;/h7-10,13H,4-6,11-12H2,1-3H3,(H2,18,19,20);1H. The molecule has 0 spiro atoms. The Morgan fingerprint density at radius 1 is 1.27 bits per heavy atom. The zero-order valence-electron chi connectivity index (χ0n) is 13.6. The fourth-order valence-electron chi connectivity index (χ4n) is 1.63. The fraction of sp³-hybridized carbons (Fsp3) is 0.562. The van der Waals surface area contributed by atoms with E-state index in [-0.39, 0.29) is 29.8 Å². The summed E-state index contributed by atoms with van der Waals surface area (Å²) in [7, 11) is 0. The summed E-state index contributed by atoms with van der Waals surface area (Å²) < 4.78 is 18.3. The number of aliphatic imine (C=N–C) groups is 1. The van der Waals surface area contributed by atoms with Crippen molar-refractivity contribution < 1.29 is 9.13 Å². The average Bonchev–Trinajstić information content (AvgIpc) is 2.48. The van der Waals surface area contributed by atoms with E-state index in [1.54, 1.807) is 12.1 Å². The third kappa shape index (κ3) is 9.07. The van der Waals surface area contributed by atoms with Gasteiger partial charge in [0.2, 0.25) is 0 Å². The number of nitrogens with one attached hydrogen (secondary N) is 2. The number of nitrogens with zero attached hydrogens (tertiary/aromatic N) is 1. The van der Waals surface area contributed by atoms with Crippen molar-refractivity contribution in [1.29, 1.82) is 0 Å². The highest BCUT2D eigenvalue weighted by Gasteiger charge is 2.01. The lowest BCUT2D eigenvalue weighted by molar-refractivity contribution is 0.313. The van der Waals surface area contributed by atoms with Crippen molar-refractivity contribution in [3.63, 3.8) is 0 Å². The number of guanidine groups is 1. The first kappa shape index (κ1) is 20.9. The molecule has 0 aromatic heterocycles. The summed E-state index contributed by atoms with van der Waals surface area (Å²) in [5.41, 5.74) is 0. The highest BCUT2D eigenvalue weighted by Crippen LogP contribution is 2.11. The topological polar surface area (TPSA) is 45.7 Å². The molecule has 1 atom stereocenters. The van der Waals surface area contributed by atoms with Crippen LogP contribution in [0.25, 0.3) is 0 Å². The van der Waals surface area contributed by atoms with E-state index >= 15 is 0 Å². The van der Waals surface area contributed by atoms with E-state index in [0.717, 1.165) is 25.3 Å². The van der Waals surface area contributed by atoms with Gasteiger partial charge in [0, 0.05) is 25.6 Å². The van der Waals surface area contributed by atoms with Gasteiger partial charge in [-0.2, -0.15) is 0 Å². The van der Waals surface area contributed by atoms with Crippen LogP contribution in [0.3, 0.4) is 0 Å². The Kier molecular flexibility index (Phi) is 11.9. The van der Waals surface area contributed by atoms with Gasteiger partial charge in [-0.1, -0.05) is 6.92 Å². The molecule has 0 heterocycles. The molecule has 0 fully saturated rings. The van der Waals surface area contributed by atoms with Crippen LogP contribution < -0.4 is 15.4 Å². The van der Waals surface area contributed by atoms with Crippen LogP contribution in [-0.4, -0.2) is 31.7 Å². The second kappa shape index (κ2) is 12.5. The molecular weight excluding hydrogens is 396 g/mol. The molecule has 0 radical (unpaired) electrons. The zero-order valence-corrected chi connectivity index (χ0v) is 15.9. The lowest BCUT2D eigenvalue weighted by Crippen LogP contribution is -2.42. The van der Waals surface area contributed by atoms with Crippen molar-refractivity contribution in [2.24, 2.45) is 4.99 Å². The van der Waals surface area contributed by atoms with Crippen molar-refractivity contribution in [3.05, 3.63) is 30.1 Å². The second-order valence-corrected chi connectivity index (χ2v) is 4.87. The van der Waals surface area contributed by atoms with Crippen LogP contribution in [0, 0.1) is 5.82 Å². The summed E-state index contributed by atoms with van der Waals surface area (Å²) in [5, 5.41) is 6.56. The molecule has 0 aliphatic heterocycles. The molecule has 126 valence electrons. The van der Waals surface area contributed by atoms with Gasteiger partial charge in [-0.15, -0.1) is 24.0 Å². The molecule has 1 unspecified atom stereocenters. The normalized spacial score (nSPS) is 12.3. The van der Waals surface area contributed by atoms with Crippen molar-refractivity contribution in [1.82, 2.24) is 10.6 Å². The monoisotopic (exact) mass is 423 g/mol. The average molecular weight is 423 g/mol. The number of benzene rings is 1. The molecule has 0 aliphatic rings. The van der Waals surface area contributed by atoms with Gasteiger partial charge in [-0.25, -0.2) is 4.39 Å². The second-order valence-electron chi connectivity index (χ2n) is 4.87. The predicted molar refractivity (Wildman–Crippen MR) is 101 cm³/mol. The first-order chi connectivity index (χ1) is 10.2. The lowest BCUT2D eigenvalue weighted by Gasteiger charge is -2.16. The fourth-order valence-corrected chi connectivity index (χ4v) is 1.63. The van der Waals surface area contributed by atoms with E-state index in [9.17, 15) is 4.39 Å². The Labute approximate surface area is 149 Å². The van der Waals surface area contributed by atoms with Gasteiger partial charge >= 0.3 is 0 Å². The lowest BCUT2D eigenvalue weighted by atomic mass is 10.3. The molecule has 6 heteroatoms. The third-order valence-corrected chi connectivity index (χ3v) is 2.99. The predicted octanol–water partition coefficient (Wildman–Crippen LogP) is 3.57. The quantitative estimate of drug-likeness (QED) is 0.291. The number of hydrogen-bond donors (Lipinski definition) is 2. The van der Waals surface area contributed by atoms with Crippen molar-refractivity contribution in [3.8, 4) is 5.75 Å². The number of hydrogen-bond acceptors (Lipinski definition) is 2. The van der Waals surface area contributed by atoms with Crippen LogP contribution in [0.2, 0.25) is 0 Å². The van der Waals surface area contributed by atoms with Crippen LogP contribution >= 0.6 is 24.0 Å². The summed E-state index contributed by atoms with van der Waals surface area (Å²) in [4.78, 5) is 4.50. The summed E-state index contributed by atoms with van der Waals surface area (Å²) in [6, 6.07) is 6.46. The molecule has 1 aromatic rings. The van der Waals surface area contributed by atoms with E-state index < -0.39 is 0 Å². The van der Waals surface area contributed by atoms with Crippen LogP contribution in [-0.2, 0) is 0 Å². The van der Waals surface area contributed by atoms with Gasteiger partial charge in [-0.05, 0) is 44.5 Å². The molecule has 1 rings (SSSR count). The molecular formula is C16H27FIN3O. The van der Waals surface area contributed by atoms with E-state index in [1.807, 2.05) is 6.92 Å². The Morgan fingerprint density at radius 3 is 2.55 bits per heavy atom. The van der Waals surface area contributed by atoms with E-state index in [4.69, 9.17) is 4.74 Å². The van der Waals surface area contributed by atoms with Gasteiger partial charge in [-0.3, -0.25) is 4.99 Å². The largest absolute Gasteiger partial charge is 0.494 e. The Bertz CT molecular complexity index is 426. The first-order valence-corrected chi connectivity index (χ1v) is 7.59. The Balaban J connectivity index is 0.00000441. The molecule has 0 bridgehead atoms. The van der Waals surface area contributed by atoms with Crippen molar-refractivity contribution >= 4 is 29.9 Å². The molecule has 0 saturated carbocycles. The van der Waals surface area contributed by atoms with Crippen molar-refractivity contribution in [2.75, 3.05) is 19.7 Å². The van der Waals surface area contributed by atoms with Crippen LogP contribution in [0.4, 0.5) is 4.39 Å². The minimum atomic E-state index is -0.252. The maximum Gasteiger partial charge on any atom is 0.191 e. The van der Waals surface area contributed by atoms with E-state index in [2.05, 4.69) is 29.5 Å². The molecule has 4 nitrogen and oxygen atoms in total.